The first-order valence-electron chi connectivity index (χ1n) is 6.97. The summed E-state index contributed by atoms with van der Waals surface area (Å²) in [7, 11) is 1.89. The van der Waals surface area contributed by atoms with Crippen LogP contribution in [-0.4, -0.2) is 37.9 Å². The van der Waals surface area contributed by atoms with Crippen LogP contribution in [-0.2, 0) is 31.2 Å². The fourth-order valence-electron chi connectivity index (χ4n) is 2.44. The number of ether oxygens (including phenoxy) is 1. The van der Waals surface area contributed by atoms with E-state index in [-0.39, 0.29) is 6.61 Å². The van der Waals surface area contributed by atoms with Gasteiger partial charge in [-0.15, -0.1) is 11.6 Å². The van der Waals surface area contributed by atoms with Crippen LogP contribution in [0.4, 0.5) is 4.79 Å². The van der Waals surface area contributed by atoms with E-state index in [1.807, 2.05) is 16.3 Å². The third-order valence-electron chi connectivity index (χ3n) is 3.23. The van der Waals surface area contributed by atoms with Crippen LogP contribution in [0, 0.1) is 0 Å². The number of aryl methyl sites for hydroxylation is 3. The number of hydrogen-bond donors (Lipinski definition) is 1. The zero-order chi connectivity index (χ0) is 15.4. The molecule has 0 aromatic carbocycles. The van der Waals surface area contributed by atoms with E-state index in [1.54, 1.807) is 0 Å². The molecule has 2 N–H and O–H groups in total. The van der Waals surface area contributed by atoms with Gasteiger partial charge in [-0.2, -0.15) is 5.10 Å². The van der Waals surface area contributed by atoms with Crippen LogP contribution in [0.2, 0.25) is 0 Å². The minimum atomic E-state index is -0.776. The monoisotopic (exact) mass is 313 g/mol. The second-order valence-electron chi connectivity index (χ2n) is 4.78. The topological polar surface area (TPSA) is 88.0 Å². The van der Waals surface area contributed by atoms with Gasteiger partial charge in [0.25, 0.3) is 0 Å². The molecule has 2 aromatic rings. The Morgan fingerprint density at radius 3 is 2.81 bits per heavy atom. The van der Waals surface area contributed by atoms with E-state index in [1.165, 1.54) is 0 Å². The molecule has 2 aromatic heterocycles. The van der Waals surface area contributed by atoms with Crippen LogP contribution < -0.4 is 5.73 Å². The lowest BCUT2D eigenvalue weighted by Gasteiger charge is -2.08. The number of rotatable bonds is 7. The number of imidazole rings is 1. The Kier molecular flexibility index (Phi) is 5.06. The summed E-state index contributed by atoms with van der Waals surface area (Å²) in [5, 5.41) is 4.51. The van der Waals surface area contributed by atoms with E-state index in [0.717, 1.165) is 35.5 Å². The van der Waals surface area contributed by atoms with Crippen molar-refractivity contribution in [2.45, 2.75) is 32.7 Å². The zero-order valence-electron chi connectivity index (χ0n) is 12.3. The van der Waals surface area contributed by atoms with Crippen molar-refractivity contribution in [3.63, 3.8) is 0 Å². The first-order chi connectivity index (χ1) is 10.1. The number of nitrogens with zero attached hydrogens (tertiary/aromatic N) is 4. The number of alkyl halides is 1. The van der Waals surface area contributed by atoms with E-state index in [2.05, 4.69) is 17.0 Å². The molecule has 1 amide bonds. The number of carbonyl (C=O) groups is 1. The highest BCUT2D eigenvalue weighted by atomic mass is 35.5. The molecule has 0 saturated carbocycles. The van der Waals surface area contributed by atoms with Crippen LogP contribution in [0.15, 0.2) is 0 Å². The first kappa shape index (κ1) is 15.6. The summed E-state index contributed by atoms with van der Waals surface area (Å²) in [6.07, 6.45) is 1.77. The Labute approximate surface area is 128 Å². The fraction of sp³-hybridized carbons (Fsp3) is 0.615. The van der Waals surface area contributed by atoms with Crippen LogP contribution in [0.5, 0.6) is 0 Å². The number of halogens is 1. The second-order valence-corrected chi connectivity index (χ2v) is 5.16. The Balaban J connectivity index is 2.38. The van der Waals surface area contributed by atoms with Gasteiger partial charge in [0.05, 0.1) is 12.2 Å². The van der Waals surface area contributed by atoms with Crippen molar-refractivity contribution in [3.8, 4) is 0 Å². The predicted molar refractivity (Wildman–Crippen MR) is 80.5 cm³/mol. The van der Waals surface area contributed by atoms with Gasteiger partial charge in [-0.1, -0.05) is 13.3 Å². The van der Waals surface area contributed by atoms with Crippen LogP contribution in [0.3, 0.4) is 0 Å². The molecular weight excluding hydrogens is 294 g/mol. The lowest BCUT2D eigenvalue weighted by Crippen LogP contribution is -2.18. The average Bonchev–Trinajstić information content (AvgIpc) is 2.91. The first-order valence-corrected chi connectivity index (χ1v) is 7.51. The van der Waals surface area contributed by atoms with E-state index in [9.17, 15) is 4.79 Å². The van der Waals surface area contributed by atoms with Crippen molar-refractivity contribution in [1.29, 1.82) is 0 Å². The third kappa shape index (κ3) is 3.29. The maximum absolute atomic E-state index is 10.7. The van der Waals surface area contributed by atoms with Gasteiger partial charge < -0.3 is 15.0 Å². The van der Waals surface area contributed by atoms with Crippen molar-refractivity contribution in [2.75, 3.05) is 12.5 Å². The molecule has 0 aliphatic heterocycles. The standard InChI is InChI=1S/C13H20ClN5O2/c1-3-4-9-11-12(18(2)17-9)19(7-8-21-13(15)20)10(16-11)5-6-14/h3-8H2,1-2H3,(H2,15,20). The molecule has 0 fully saturated rings. The van der Waals surface area contributed by atoms with E-state index >= 15 is 0 Å². The Morgan fingerprint density at radius 1 is 1.43 bits per heavy atom. The lowest BCUT2D eigenvalue weighted by molar-refractivity contribution is 0.152. The van der Waals surface area contributed by atoms with Crippen molar-refractivity contribution in [3.05, 3.63) is 11.5 Å². The SMILES string of the molecule is CCCc1nn(C)c2c1nc(CCCl)n2CCOC(N)=O. The van der Waals surface area contributed by atoms with E-state index in [0.29, 0.717) is 18.8 Å². The van der Waals surface area contributed by atoms with Gasteiger partial charge in [-0.05, 0) is 6.42 Å². The summed E-state index contributed by atoms with van der Waals surface area (Å²) in [4.78, 5) is 15.4. The normalized spacial score (nSPS) is 11.2. The number of fused-ring (bicyclic) bond motifs is 1. The molecule has 0 atom stereocenters. The molecule has 116 valence electrons. The largest absolute Gasteiger partial charge is 0.448 e. The smallest absolute Gasteiger partial charge is 0.404 e. The fourth-order valence-corrected chi connectivity index (χ4v) is 2.61. The van der Waals surface area contributed by atoms with Crippen molar-refractivity contribution >= 4 is 28.9 Å². The molecule has 0 aliphatic rings. The van der Waals surface area contributed by atoms with Crippen LogP contribution in [0.25, 0.3) is 11.2 Å². The average molecular weight is 314 g/mol. The molecule has 0 unspecified atom stereocenters. The summed E-state index contributed by atoms with van der Waals surface area (Å²) in [6.45, 7) is 2.79. The summed E-state index contributed by atoms with van der Waals surface area (Å²) < 4.78 is 8.63. The van der Waals surface area contributed by atoms with Gasteiger partial charge in [-0.3, -0.25) is 4.68 Å². The van der Waals surface area contributed by atoms with Crippen LogP contribution >= 0.6 is 11.6 Å². The number of amides is 1. The van der Waals surface area contributed by atoms with Gasteiger partial charge >= 0.3 is 6.09 Å². The van der Waals surface area contributed by atoms with Gasteiger partial charge in [0.2, 0.25) is 0 Å². The molecular formula is C13H20ClN5O2. The molecule has 2 rings (SSSR count). The Hall–Kier alpha value is -1.76. The maximum Gasteiger partial charge on any atom is 0.404 e. The Morgan fingerprint density at radius 2 is 2.19 bits per heavy atom. The summed E-state index contributed by atoms with van der Waals surface area (Å²) >= 11 is 5.85. The number of primary amides is 1. The van der Waals surface area contributed by atoms with Crippen molar-refractivity contribution in [1.82, 2.24) is 19.3 Å². The lowest BCUT2D eigenvalue weighted by atomic mass is 10.2. The molecule has 7 nitrogen and oxygen atoms in total. The zero-order valence-corrected chi connectivity index (χ0v) is 13.1. The molecule has 0 saturated heterocycles. The highest BCUT2D eigenvalue weighted by Crippen LogP contribution is 2.21. The van der Waals surface area contributed by atoms with Crippen molar-refractivity contribution in [2.24, 2.45) is 12.8 Å². The number of carbonyl (C=O) groups excluding carboxylic acids is 1. The number of nitrogens with two attached hydrogens (primary N) is 1. The maximum atomic E-state index is 10.7. The molecule has 8 heteroatoms. The van der Waals surface area contributed by atoms with E-state index < -0.39 is 6.09 Å². The van der Waals surface area contributed by atoms with Gasteiger partial charge in [0, 0.05) is 19.3 Å². The van der Waals surface area contributed by atoms with Crippen molar-refractivity contribution < 1.29 is 9.53 Å². The highest BCUT2D eigenvalue weighted by Gasteiger charge is 2.18. The molecule has 0 bridgehead atoms. The summed E-state index contributed by atoms with van der Waals surface area (Å²) in [5.41, 5.74) is 7.80. The number of hydrogen-bond acceptors (Lipinski definition) is 4. The molecule has 0 spiro atoms. The molecule has 0 radical (unpaired) electrons. The third-order valence-corrected chi connectivity index (χ3v) is 3.42. The highest BCUT2D eigenvalue weighted by molar-refractivity contribution is 6.17. The van der Waals surface area contributed by atoms with E-state index in [4.69, 9.17) is 22.1 Å². The van der Waals surface area contributed by atoms with Gasteiger partial charge in [0.15, 0.2) is 5.65 Å². The van der Waals surface area contributed by atoms with Gasteiger partial charge in [0.1, 0.15) is 17.9 Å². The van der Waals surface area contributed by atoms with Gasteiger partial charge in [-0.25, -0.2) is 9.78 Å². The quantitative estimate of drug-likeness (QED) is 0.786. The Bertz CT molecular complexity index is 634. The van der Waals surface area contributed by atoms with Crippen LogP contribution in [0.1, 0.15) is 24.9 Å². The second kappa shape index (κ2) is 6.80. The number of aromatic nitrogens is 4. The summed E-state index contributed by atoms with van der Waals surface area (Å²) in [6, 6.07) is 0. The minimum absolute atomic E-state index is 0.199. The molecule has 0 aliphatic carbocycles. The predicted octanol–water partition coefficient (Wildman–Crippen LogP) is 1.60. The minimum Gasteiger partial charge on any atom is -0.448 e. The summed E-state index contributed by atoms with van der Waals surface area (Å²) in [5.74, 6) is 1.36. The molecule has 21 heavy (non-hydrogen) atoms. The molecule has 2 heterocycles.